The molecule has 0 bridgehead atoms. The molecule has 96 valence electrons. The van der Waals surface area contributed by atoms with E-state index in [-0.39, 0.29) is 0 Å². The van der Waals surface area contributed by atoms with E-state index in [2.05, 4.69) is 11.4 Å². The fourth-order valence-corrected chi connectivity index (χ4v) is 1.82. The summed E-state index contributed by atoms with van der Waals surface area (Å²) in [6, 6.07) is 12.7. The Balaban J connectivity index is 1.94. The van der Waals surface area contributed by atoms with E-state index in [1.807, 2.05) is 6.07 Å². The van der Waals surface area contributed by atoms with E-state index in [1.54, 1.807) is 18.2 Å². The minimum absolute atomic E-state index is 0.367. The molecule has 0 heterocycles. The summed E-state index contributed by atoms with van der Waals surface area (Å²) in [6.45, 7) is 0.902. The molecule has 0 aliphatic rings. The highest BCUT2D eigenvalue weighted by atomic mass is 19.1. The van der Waals surface area contributed by atoms with Crippen molar-refractivity contribution in [3.05, 3.63) is 70.8 Å². The van der Waals surface area contributed by atoms with Gasteiger partial charge in [-0.3, -0.25) is 0 Å². The number of halogens is 2. The van der Waals surface area contributed by atoms with Crippen molar-refractivity contribution < 1.29 is 8.78 Å². The van der Waals surface area contributed by atoms with Gasteiger partial charge in [0.1, 0.15) is 11.6 Å². The summed E-state index contributed by atoms with van der Waals surface area (Å²) < 4.78 is 25.9. The maximum Gasteiger partial charge on any atom is 0.126 e. The highest BCUT2D eigenvalue weighted by molar-refractivity contribution is 5.32. The fraction of sp³-hybridized carbons (Fsp3) is 0.133. The zero-order chi connectivity index (χ0) is 13.7. The molecule has 0 saturated carbocycles. The van der Waals surface area contributed by atoms with E-state index in [0.717, 1.165) is 11.6 Å². The molecule has 0 aromatic heterocycles. The van der Waals surface area contributed by atoms with Crippen molar-refractivity contribution >= 4 is 0 Å². The van der Waals surface area contributed by atoms with E-state index in [4.69, 9.17) is 5.26 Å². The van der Waals surface area contributed by atoms with Crippen LogP contribution in [0.1, 0.15) is 16.7 Å². The van der Waals surface area contributed by atoms with E-state index in [1.165, 1.54) is 12.1 Å². The topological polar surface area (TPSA) is 35.8 Å². The fourth-order valence-electron chi connectivity index (χ4n) is 1.82. The van der Waals surface area contributed by atoms with Gasteiger partial charge in [-0.25, -0.2) is 8.78 Å². The van der Waals surface area contributed by atoms with Gasteiger partial charge < -0.3 is 5.32 Å². The molecule has 19 heavy (non-hydrogen) atoms. The number of hydrogen-bond donors (Lipinski definition) is 1. The average molecular weight is 258 g/mol. The van der Waals surface area contributed by atoms with E-state index < -0.39 is 11.6 Å². The first-order valence-corrected chi connectivity index (χ1v) is 5.82. The van der Waals surface area contributed by atoms with Gasteiger partial charge in [-0.1, -0.05) is 12.1 Å². The van der Waals surface area contributed by atoms with Gasteiger partial charge >= 0.3 is 0 Å². The zero-order valence-corrected chi connectivity index (χ0v) is 10.2. The predicted octanol–water partition coefficient (Wildman–Crippen LogP) is 3.13. The first-order valence-electron chi connectivity index (χ1n) is 5.82. The van der Waals surface area contributed by atoms with Gasteiger partial charge in [-0.05, 0) is 35.4 Å². The molecule has 0 aliphatic heterocycles. The van der Waals surface area contributed by atoms with E-state index in [9.17, 15) is 8.78 Å². The molecule has 0 fully saturated rings. The largest absolute Gasteiger partial charge is 0.309 e. The Labute approximate surface area is 110 Å². The lowest BCUT2D eigenvalue weighted by molar-refractivity contribution is 0.575. The van der Waals surface area contributed by atoms with Gasteiger partial charge in [0.05, 0.1) is 11.6 Å². The lowest BCUT2D eigenvalue weighted by Crippen LogP contribution is -2.13. The van der Waals surface area contributed by atoms with Crippen LogP contribution in [-0.4, -0.2) is 0 Å². The number of nitrogens with one attached hydrogen (secondary N) is 1. The molecular formula is C15H12F2N2. The number of rotatable bonds is 4. The lowest BCUT2D eigenvalue weighted by atomic mass is 10.1. The van der Waals surface area contributed by atoms with Gasteiger partial charge in [0, 0.05) is 19.2 Å². The third-order valence-electron chi connectivity index (χ3n) is 2.64. The first kappa shape index (κ1) is 13.2. The van der Waals surface area contributed by atoms with Crippen molar-refractivity contribution in [3.63, 3.8) is 0 Å². The van der Waals surface area contributed by atoms with Crippen LogP contribution in [0.15, 0.2) is 42.5 Å². The normalized spacial score (nSPS) is 10.2. The summed E-state index contributed by atoms with van der Waals surface area (Å²) in [4.78, 5) is 0. The molecule has 2 rings (SSSR count). The standard InChI is InChI=1S/C15H12F2N2/c16-14-5-13(6-15(17)7-14)10-19-9-12-3-1-2-11(4-12)8-18/h1-7,19H,9-10H2. The van der Waals surface area contributed by atoms with Crippen LogP contribution in [0.5, 0.6) is 0 Å². The van der Waals surface area contributed by atoms with Gasteiger partial charge in [0.15, 0.2) is 0 Å². The summed E-state index contributed by atoms with van der Waals surface area (Å²) in [5.41, 5.74) is 2.10. The molecule has 0 saturated heterocycles. The molecule has 2 nitrogen and oxygen atoms in total. The van der Waals surface area contributed by atoms with Gasteiger partial charge in [-0.15, -0.1) is 0 Å². The third kappa shape index (κ3) is 3.87. The molecule has 1 N–H and O–H groups in total. The second kappa shape index (κ2) is 6.07. The molecule has 0 aliphatic carbocycles. The highest BCUT2D eigenvalue weighted by Gasteiger charge is 2.01. The van der Waals surface area contributed by atoms with Crippen LogP contribution in [0.2, 0.25) is 0 Å². The summed E-state index contributed by atoms with van der Waals surface area (Å²) >= 11 is 0. The second-order valence-electron chi connectivity index (χ2n) is 4.19. The summed E-state index contributed by atoms with van der Waals surface area (Å²) in [5.74, 6) is -1.16. The van der Waals surface area contributed by atoms with Gasteiger partial charge in [-0.2, -0.15) is 5.26 Å². The van der Waals surface area contributed by atoms with Crippen molar-refractivity contribution in [3.8, 4) is 6.07 Å². The molecule has 4 heteroatoms. The molecule has 0 unspecified atom stereocenters. The van der Waals surface area contributed by atoms with Gasteiger partial charge in [0.25, 0.3) is 0 Å². The number of nitriles is 1. The SMILES string of the molecule is N#Cc1cccc(CNCc2cc(F)cc(F)c2)c1. The number of benzene rings is 2. The monoisotopic (exact) mass is 258 g/mol. The van der Waals surface area contributed by atoms with Crippen LogP contribution in [0, 0.1) is 23.0 Å². The Bertz CT molecular complexity index is 598. The number of hydrogen-bond acceptors (Lipinski definition) is 2. The van der Waals surface area contributed by atoms with Crippen LogP contribution >= 0.6 is 0 Å². The second-order valence-corrected chi connectivity index (χ2v) is 4.19. The predicted molar refractivity (Wildman–Crippen MR) is 68.1 cm³/mol. The van der Waals surface area contributed by atoms with Gasteiger partial charge in [0.2, 0.25) is 0 Å². The summed E-state index contributed by atoms with van der Waals surface area (Å²) in [6.07, 6.45) is 0. The van der Waals surface area contributed by atoms with Crippen LogP contribution < -0.4 is 5.32 Å². The zero-order valence-electron chi connectivity index (χ0n) is 10.2. The molecule has 0 amide bonds. The van der Waals surface area contributed by atoms with Crippen molar-refractivity contribution in [1.82, 2.24) is 5.32 Å². The number of nitrogens with zero attached hydrogens (tertiary/aromatic N) is 1. The molecule has 0 radical (unpaired) electrons. The molecule has 2 aromatic carbocycles. The molecular weight excluding hydrogens is 246 g/mol. The van der Waals surface area contributed by atoms with Crippen LogP contribution in [0.4, 0.5) is 8.78 Å². The maximum atomic E-state index is 13.0. The molecule has 0 spiro atoms. The Morgan fingerprint density at radius 2 is 1.63 bits per heavy atom. The molecule has 0 atom stereocenters. The van der Waals surface area contributed by atoms with Crippen molar-refractivity contribution in [2.75, 3.05) is 0 Å². The van der Waals surface area contributed by atoms with Crippen LogP contribution in [0.3, 0.4) is 0 Å². The van der Waals surface area contributed by atoms with Crippen molar-refractivity contribution in [1.29, 1.82) is 5.26 Å². The van der Waals surface area contributed by atoms with Crippen molar-refractivity contribution in [2.45, 2.75) is 13.1 Å². The van der Waals surface area contributed by atoms with Crippen LogP contribution in [0.25, 0.3) is 0 Å². The van der Waals surface area contributed by atoms with E-state index in [0.29, 0.717) is 24.2 Å². The lowest BCUT2D eigenvalue weighted by Gasteiger charge is -2.06. The average Bonchev–Trinajstić information content (AvgIpc) is 2.38. The third-order valence-corrected chi connectivity index (χ3v) is 2.64. The smallest absolute Gasteiger partial charge is 0.126 e. The minimum atomic E-state index is -0.580. The van der Waals surface area contributed by atoms with Crippen molar-refractivity contribution in [2.24, 2.45) is 0 Å². The summed E-state index contributed by atoms with van der Waals surface area (Å²) in [5, 5.41) is 11.9. The van der Waals surface area contributed by atoms with Crippen LogP contribution in [-0.2, 0) is 13.1 Å². The highest BCUT2D eigenvalue weighted by Crippen LogP contribution is 2.08. The Morgan fingerprint density at radius 3 is 2.32 bits per heavy atom. The molecule has 2 aromatic rings. The Hall–Kier alpha value is -2.25. The minimum Gasteiger partial charge on any atom is -0.309 e. The summed E-state index contributed by atoms with van der Waals surface area (Å²) in [7, 11) is 0. The quantitative estimate of drug-likeness (QED) is 0.914. The van der Waals surface area contributed by atoms with E-state index >= 15 is 0 Å². The maximum absolute atomic E-state index is 13.0. The first-order chi connectivity index (χ1) is 9.17. The Kier molecular flexibility index (Phi) is 4.22. The Morgan fingerprint density at radius 1 is 0.947 bits per heavy atom.